The number of hydrogen-bond acceptors (Lipinski definition) is 4. The Morgan fingerprint density at radius 3 is 2.59 bits per heavy atom. The van der Waals surface area contributed by atoms with Gasteiger partial charge in [0.25, 0.3) is 12.3 Å². The summed E-state index contributed by atoms with van der Waals surface area (Å²) in [7, 11) is 0. The van der Waals surface area contributed by atoms with Crippen LogP contribution >= 0.6 is 11.6 Å². The molecule has 2 aliphatic heterocycles. The van der Waals surface area contributed by atoms with Gasteiger partial charge in [0.15, 0.2) is 5.60 Å². The summed E-state index contributed by atoms with van der Waals surface area (Å²) in [6.07, 6.45) is -3.31. The molecule has 5 rings (SSSR count). The summed E-state index contributed by atoms with van der Waals surface area (Å²) in [5.74, 6) is -1.97. The highest BCUT2D eigenvalue weighted by molar-refractivity contribution is 6.31. The lowest BCUT2D eigenvalue weighted by molar-refractivity contribution is -0.0892. The van der Waals surface area contributed by atoms with E-state index < -0.39 is 53.7 Å². The van der Waals surface area contributed by atoms with E-state index in [4.69, 9.17) is 17.3 Å². The van der Waals surface area contributed by atoms with Crippen LogP contribution in [0.15, 0.2) is 48.5 Å². The number of carbonyl (C=O) groups excluding carboxylic acids is 2. The first-order valence-electron chi connectivity index (χ1n) is 11.0. The highest BCUT2D eigenvalue weighted by atomic mass is 35.5. The van der Waals surface area contributed by atoms with E-state index in [0.29, 0.717) is 5.56 Å². The largest absolute Gasteiger partial charge is 0.377 e. The summed E-state index contributed by atoms with van der Waals surface area (Å²) in [4.78, 5) is 27.0. The van der Waals surface area contributed by atoms with Crippen molar-refractivity contribution in [3.63, 3.8) is 0 Å². The molecule has 2 atom stereocenters. The maximum absolute atomic E-state index is 14.0. The third-order valence-corrected chi connectivity index (χ3v) is 6.86. The maximum Gasteiger partial charge on any atom is 0.326 e. The molecule has 0 fully saturated rings. The number of alkyl halides is 2. The molecule has 0 aromatic heterocycles. The van der Waals surface area contributed by atoms with E-state index in [-0.39, 0.29) is 39.6 Å². The molecule has 12 heteroatoms. The van der Waals surface area contributed by atoms with Gasteiger partial charge in [-0.15, -0.1) is 0 Å². The highest BCUT2D eigenvalue weighted by Gasteiger charge is 2.50. The van der Waals surface area contributed by atoms with Crippen molar-refractivity contribution in [2.75, 3.05) is 16.8 Å². The Morgan fingerprint density at radius 2 is 1.89 bits per heavy atom. The Morgan fingerprint density at radius 1 is 1.19 bits per heavy atom. The summed E-state index contributed by atoms with van der Waals surface area (Å²) >= 11 is 6.28. The van der Waals surface area contributed by atoms with Gasteiger partial charge in [0.1, 0.15) is 11.6 Å². The van der Waals surface area contributed by atoms with Gasteiger partial charge in [0.2, 0.25) is 0 Å². The molecule has 0 saturated carbocycles. The SMILES string of the molecule is NCc1cc(NC(=O)N2C[C@@](O)(C(F)F)c3cc(F)ccc32)c2c(c1)C(=O)N[C@H]2c1cc(F)ccc1Cl. The second-order valence-electron chi connectivity index (χ2n) is 8.78. The van der Waals surface area contributed by atoms with Crippen molar-refractivity contribution in [3.05, 3.63) is 93.0 Å². The molecule has 2 aliphatic rings. The fourth-order valence-electron chi connectivity index (χ4n) is 4.74. The summed E-state index contributed by atoms with van der Waals surface area (Å²) in [6.45, 7) is -0.837. The Bertz CT molecular complexity index is 1450. The summed E-state index contributed by atoms with van der Waals surface area (Å²) in [5.41, 5.74) is 3.69. The number of nitrogens with zero attached hydrogens (tertiary/aromatic N) is 1. The van der Waals surface area contributed by atoms with Crippen LogP contribution in [0.2, 0.25) is 5.02 Å². The zero-order chi connectivity index (χ0) is 26.6. The Labute approximate surface area is 212 Å². The van der Waals surface area contributed by atoms with Gasteiger partial charge in [-0.3, -0.25) is 9.69 Å². The van der Waals surface area contributed by atoms with Gasteiger partial charge < -0.3 is 21.5 Å². The van der Waals surface area contributed by atoms with Crippen molar-refractivity contribution < 1.29 is 32.3 Å². The van der Waals surface area contributed by atoms with Gasteiger partial charge in [-0.25, -0.2) is 22.4 Å². The molecule has 0 aliphatic carbocycles. The van der Waals surface area contributed by atoms with Gasteiger partial charge in [0.05, 0.1) is 18.3 Å². The molecule has 0 unspecified atom stereocenters. The van der Waals surface area contributed by atoms with E-state index in [9.17, 15) is 32.3 Å². The summed E-state index contributed by atoms with van der Waals surface area (Å²) in [5, 5.41) is 16.1. The number of carbonyl (C=O) groups is 2. The zero-order valence-electron chi connectivity index (χ0n) is 18.9. The predicted molar refractivity (Wildman–Crippen MR) is 128 cm³/mol. The van der Waals surface area contributed by atoms with Crippen LogP contribution in [0.4, 0.5) is 33.7 Å². The molecule has 5 N–H and O–H groups in total. The number of β-amino-alcohol motifs (C(OH)–C–C–N with tert-alkyl or cyclic N) is 1. The predicted octanol–water partition coefficient (Wildman–Crippen LogP) is 4.41. The van der Waals surface area contributed by atoms with E-state index in [1.165, 1.54) is 18.2 Å². The number of urea groups is 1. The average Bonchev–Trinajstić information content (AvgIpc) is 3.35. The fourth-order valence-corrected chi connectivity index (χ4v) is 4.96. The first-order chi connectivity index (χ1) is 17.5. The van der Waals surface area contributed by atoms with Crippen LogP contribution in [-0.4, -0.2) is 30.0 Å². The van der Waals surface area contributed by atoms with E-state index in [0.717, 1.165) is 35.2 Å². The number of fused-ring (bicyclic) bond motifs is 2. The van der Waals surface area contributed by atoms with Gasteiger partial charge in [-0.05, 0) is 54.1 Å². The van der Waals surface area contributed by atoms with Gasteiger partial charge in [-0.1, -0.05) is 11.6 Å². The monoisotopic (exact) mass is 534 g/mol. The molecular formula is C25H19ClF4N4O3. The third kappa shape index (κ3) is 4.08. The van der Waals surface area contributed by atoms with Crippen LogP contribution in [0.5, 0.6) is 0 Å². The molecule has 37 heavy (non-hydrogen) atoms. The van der Waals surface area contributed by atoms with Gasteiger partial charge >= 0.3 is 6.03 Å². The molecular weight excluding hydrogens is 516 g/mol. The van der Waals surface area contributed by atoms with Crippen LogP contribution in [-0.2, 0) is 12.1 Å². The van der Waals surface area contributed by atoms with Crippen molar-refractivity contribution in [3.8, 4) is 0 Å². The number of amides is 3. The van der Waals surface area contributed by atoms with Crippen molar-refractivity contribution >= 4 is 34.9 Å². The van der Waals surface area contributed by atoms with Crippen molar-refractivity contribution in [1.82, 2.24) is 5.32 Å². The lowest BCUT2D eigenvalue weighted by Gasteiger charge is -2.24. The molecule has 0 radical (unpaired) electrons. The van der Waals surface area contributed by atoms with Crippen LogP contribution in [0.25, 0.3) is 0 Å². The average molecular weight is 535 g/mol. The van der Waals surface area contributed by atoms with Gasteiger partial charge in [-0.2, -0.15) is 0 Å². The number of nitrogens with one attached hydrogen (secondary N) is 2. The second-order valence-corrected chi connectivity index (χ2v) is 9.19. The minimum atomic E-state index is -3.31. The molecule has 3 aromatic rings. The van der Waals surface area contributed by atoms with Crippen molar-refractivity contribution in [2.24, 2.45) is 5.73 Å². The Kier molecular flexibility index (Phi) is 6.09. The van der Waals surface area contributed by atoms with Crippen LogP contribution in [0.3, 0.4) is 0 Å². The van der Waals surface area contributed by atoms with E-state index in [1.54, 1.807) is 0 Å². The lowest BCUT2D eigenvalue weighted by atomic mass is 9.94. The van der Waals surface area contributed by atoms with Crippen molar-refractivity contribution in [2.45, 2.75) is 24.6 Å². The van der Waals surface area contributed by atoms with Crippen molar-refractivity contribution in [1.29, 1.82) is 0 Å². The minimum absolute atomic E-state index is 0.00573. The highest BCUT2D eigenvalue weighted by Crippen LogP contribution is 2.44. The molecule has 3 aromatic carbocycles. The van der Waals surface area contributed by atoms with E-state index in [2.05, 4.69) is 10.6 Å². The first kappa shape index (κ1) is 25.0. The fraction of sp³-hybridized carbons (Fsp3) is 0.200. The molecule has 192 valence electrons. The molecule has 0 spiro atoms. The normalized spacial score (nSPS) is 20.2. The zero-order valence-corrected chi connectivity index (χ0v) is 19.6. The number of hydrogen-bond donors (Lipinski definition) is 4. The van der Waals surface area contributed by atoms with Crippen LogP contribution < -0.4 is 21.3 Å². The summed E-state index contributed by atoms with van der Waals surface area (Å²) < 4.78 is 55.4. The number of anilines is 2. The Balaban J connectivity index is 1.58. The molecule has 0 bridgehead atoms. The maximum atomic E-state index is 14.0. The van der Waals surface area contributed by atoms with Crippen LogP contribution in [0, 0.1) is 11.6 Å². The number of rotatable bonds is 4. The first-order valence-corrected chi connectivity index (χ1v) is 11.4. The van der Waals surface area contributed by atoms with Gasteiger partial charge in [0, 0.05) is 39.5 Å². The smallest absolute Gasteiger partial charge is 0.326 e. The number of halogens is 5. The molecule has 7 nitrogen and oxygen atoms in total. The standard InChI is InChI=1S/C25H19ClF4N4O3/c26-17-3-1-12(27)7-14(17)21-20-15(22(35)33-21)5-11(9-31)6-18(20)32-24(36)34-10-25(37,23(29)30)16-8-13(28)2-4-19(16)34/h1-8,21,23,37H,9-10,31H2,(H,32,36)(H,33,35)/t21-,25-/m0/s1. The minimum Gasteiger partial charge on any atom is -0.377 e. The second kappa shape index (κ2) is 9.02. The lowest BCUT2D eigenvalue weighted by Crippen LogP contribution is -2.43. The quantitative estimate of drug-likeness (QED) is 0.372. The van der Waals surface area contributed by atoms with Crippen LogP contribution in [0.1, 0.15) is 38.7 Å². The topological polar surface area (TPSA) is 108 Å². The number of benzene rings is 3. The summed E-state index contributed by atoms with van der Waals surface area (Å²) in [6, 6.07) is 7.64. The number of aliphatic hydroxyl groups is 1. The Hall–Kier alpha value is -3.67. The number of nitrogens with two attached hydrogens (primary N) is 1. The third-order valence-electron chi connectivity index (χ3n) is 6.52. The van der Waals surface area contributed by atoms with E-state index >= 15 is 0 Å². The molecule has 2 heterocycles. The van der Waals surface area contributed by atoms with E-state index in [1.807, 2.05) is 0 Å². The molecule has 0 saturated heterocycles. The molecule has 3 amide bonds.